The van der Waals surface area contributed by atoms with Gasteiger partial charge in [-0.25, -0.2) is 0 Å². The van der Waals surface area contributed by atoms with Crippen LogP contribution in [0.15, 0.2) is 24.3 Å². The van der Waals surface area contributed by atoms with E-state index in [9.17, 15) is 9.90 Å². The van der Waals surface area contributed by atoms with Crippen LogP contribution in [0.5, 0.6) is 5.75 Å². The first kappa shape index (κ1) is 17.2. The average Bonchev–Trinajstić information content (AvgIpc) is 2.71. The van der Waals surface area contributed by atoms with E-state index in [1.807, 2.05) is 43.9 Å². The lowest BCUT2D eigenvalue weighted by atomic mass is 9.71. The van der Waals surface area contributed by atoms with E-state index in [1.54, 1.807) is 0 Å². The van der Waals surface area contributed by atoms with Crippen LogP contribution in [0.3, 0.4) is 0 Å². The first-order valence-electron chi connectivity index (χ1n) is 8.72. The lowest BCUT2D eigenvalue weighted by molar-refractivity contribution is -0.148. The monoisotopic (exact) mass is 332 g/mol. The fourth-order valence-corrected chi connectivity index (χ4v) is 3.44. The normalized spacial score (nSPS) is 27.1. The molecule has 0 aliphatic carbocycles. The molecule has 5 nitrogen and oxygen atoms in total. The zero-order chi connectivity index (χ0) is 17.4. The van der Waals surface area contributed by atoms with Crippen LogP contribution in [-0.4, -0.2) is 59.2 Å². The molecule has 132 valence electrons. The highest BCUT2D eigenvalue weighted by Crippen LogP contribution is 2.38. The van der Waals surface area contributed by atoms with Crippen molar-refractivity contribution in [2.24, 2.45) is 5.41 Å². The lowest BCUT2D eigenvalue weighted by Gasteiger charge is -2.48. The van der Waals surface area contributed by atoms with Gasteiger partial charge in [0.05, 0.1) is 12.1 Å². The fraction of sp³-hybridized carbons (Fsp3) is 0.632. The van der Waals surface area contributed by atoms with Crippen molar-refractivity contribution in [1.29, 1.82) is 0 Å². The Morgan fingerprint density at radius 1 is 1.25 bits per heavy atom. The van der Waals surface area contributed by atoms with E-state index >= 15 is 0 Å². The van der Waals surface area contributed by atoms with Gasteiger partial charge in [0.1, 0.15) is 12.4 Å². The van der Waals surface area contributed by atoms with Gasteiger partial charge in [0, 0.05) is 37.2 Å². The number of piperidine rings is 1. The van der Waals surface area contributed by atoms with E-state index in [0.717, 1.165) is 24.4 Å². The van der Waals surface area contributed by atoms with Crippen LogP contribution < -0.4 is 4.74 Å². The number of benzene rings is 1. The molecule has 24 heavy (non-hydrogen) atoms. The first-order chi connectivity index (χ1) is 11.3. The van der Waals surface area contributed by atoms with E-state index in [-0.39, 0.29) is 11.3 Å². The predicted molar refractivity (Wildman–Crippen MR) is 92.8 cm³/mol. The highest BCUT2D eigenvalue weighted by atomic mass is 16.5. The summed E-state index contributed by atoms with van der Waals surface area (Å²) in [5, 5.41) is 10.5. The smallest absolute Gasteiger partial charge is 0.236 e. The Labute approximate surface area is 144 Å². The number of hydrogen-bond donors (Lipinski definition) is 1. The van der Waals surface area contributed by atoms with Gasteiger partial charge < -0.3 is 14.7 Å². The van der Waals surface area contributed by atoms with Crippen molar-refractivity contribution in [3.63, 3.8) is 0 Å². The molecule has 2 heterocycles. The Kier molecular flexibility index (Phi) is 4.58. The van der Waals surface area contributed by atoms with Crippen LogP contribution in [0.25, 0.3) is 0 Å². The number of likely N-dealkylation sites (tertiary alicyclic amines) is 1. The Bertz CT molecular complexity index is 612. The van der Waals surface area contributed by atoms with Crippen LogP contribution in [0.2, 0.25) is 0 Å². The molecule has 0 spiro atoms. The van der Waals surface area contributed by atoms with Crippen molar-refractivity contribution in [1.82, 2.24) is 9.80 Å². The van der Waals surface area contributed by atoms with Gasteiger partial charge in [-0.15, -0.1) is 0 Å². The Morgan fingerprint density at radius 3 is 2.75 bits per heavy atom. The standard InChI is InChI=1S/C19H28N2O3/c1-18(2)14-21(9-8-19(18,3)23)17(22)13-20-10-11-24-16-7-5-4-6-15(16)12-20/h4-7,23H,8-14H2,1-3H3/t19-/m0/s1. The molecule has 0 radical (unpaired) electrons. The van der Waals surface area contributed by atoms with Crippen molar-refractivity contribution in [3.05, 3.63) is 29.8 Å². The molecule has 5 heteroatoms. The molecule has 1 N–H and O–H groups in total. The highest BCUT2D eigenvalue weighted by Gasteiger charge is 2.45. The quantitative estimate of drug-likeness (QED) is 0.899. The number of amides is 1. The second kappa shape index (κ2) is 6.37. The maximum absolute atomic E-state index is 12.8. The third-order valence-electron chi connectivity index (χ3n) is 5.66. The summed E-state index contributed by atoms with van der Waals surface area (Å²) < 4.78 is 5.77. The second-order valence-electron chi connectivity index (χ2n) is 7.89. The van der Waals surface area contributed by atoms with E-state index in [4.69, 9.17) is 4.74 Å². The van der Waals surface area contributed by atoms with E-state index in [2.05, 4.69) is 11.0 Å². The minimum absolute atomic E-state index is 0.137. The molecule has 0 aromatic heterocycles. The van der Waals surface area contributed by atoms with Gasteiger partial charge in [-0.1, -0.05) is 32.0 Å². The Balaban J connectivity index is 1.63. The molecule has 1 aromatic rings. The van der Waals surface area contributed by atoms with Crippen LogP contribution in [-0.2, 0) is 11.3 Å². The minimum atomic E-state index is -0.723. The lowest BCUT2D eigenvalue weighted by Crippen LogP contribution is -2.58. The molecule has 0 unspecified atom stereocenters. The third-order valence-corrected chi connectivity index (χ3v) is 5.66. The number of carbonyl (C=O) groups excluding carboxylic acids is 1. The van der Waals surface area contributed by atoms with E-state index in [1.165, 1.54) is 0 Å². The molecule has 2 aliphatic heterocycles. The van der Waals surface area contributed by atoms with Gasteiger partial charge in [-0.05, 0) is 19.4 Å². The molecule has 1 fully saturated rings. The van der Waals surface area contributed by atoms with Gasteiger partial charge >= 0.3 is 0 Å². The van der Waals surface area contributed by atoms with Gasteiger partial charge in [0.15, 0.2) is 0 Å². The second-order valence-corrected chi connectivity index (χ2v) is 7.89. The van der Waals surface area contributed by atoms with Crippen LogP contribution in [0.4, 0.5) is 0 Å². The summed E-state index contributed by atoms with van der Waals surface area (Å²) in [6, 6.07) is 8.01. The number of fused-ring (bicyclic) bond motifs is 1. The first-order valence-corrected chi connectivity index (χ1v) is 8.72. The number of nitrogens with zero attached hydrogens (tertiary/aromatic N) is 2. The van der Waals surface area contributed by atoms with Gasteiger partial charge in [-0.2, -0.15) is 0 Å². The summed E-state index contributed by atoms with van der Waals surface area (Å²) in [6.07, 6.45) is 0.623. The van der Waals surface area contributed by atoms with Crippen molar-refractivity contribution in [3.8, 4) is 5.75 Å². The molecule has 0 bridgehead atoms. The SMILES string of the molecule is CC1(C)CN(C(=O)CN2CCOc3ccccc3C2)CC[C@]1(C)O. The Hall–Kier alpha value is -1.59. The summed E-state index contributed by atoms with van der Waals surface area (Å²) in [5.41, 5.74) is 0.110. The molecule has 2 aliphatic rings. The number of aliphatic hydroxyl groups is 1. The molecular formula is C19H28N2O3. The maximum Gasteiger partial charge on any atom is 0.236 e. The molecule has 1 aromatic carbocycles. The van der Waals surface area contributed by atoms with Gasteiger partial charge in [0.2, 0.25) is 5.91 Å². The molecule has 1 amide bonds. The van der Waals surface area contributed by atoms with Crippen LogP contribution >= 0.6 is 0 Å². The van der Waals surface area contributed by atoms with Crippen molar-refractivity contribution >= 4 is 5.91 Å². The van der Waals surface area contributed by atoms with Crippen molar-refractivity contribution in [2.75, 3.05) is 32.8 Å². The van der Waals surface area contributed by atoms with Crippen LogP contribution in [0.1, 0.15) is 32.8 Å². The van der Waals surface area contributed by atoms with Gasteiger partial charge in [0.25, 0.3) is 0 Å². The van der Waals surface area contributed by atoms with Gasteiger partial charge in [-0.3, -0.25) is 9.69 Å². The molecular weight excluding hydrogens is 304 g/mol. The minimum Gasteiger partial charge on any atom is -0.492 e. The molecule has 1 atom stereocenters. The highest BCUT2D eigenvalue weighted by molar-refractivity contribution is 5.78. The predicted octanol–water partition coefficient (Wildman–Crippen LogP) is 1.89. The summed E-state index contributed by atoms with van der Waals surface area (Å²) in [7, 11) is 0. The topological polar surface area (TPSA) is 53.0 Å². The maximum atomic E-state index is 12.8. The summed E-state index contributed by atoms with van der Waals surface area (Å²) in [6.45, 7) is 9.63. The number of ether oxygens (including phenoxy) is 1. The van der Waals surface area contributed by atoms with Crippen molar-refractivity contribution < 1.29 is 14.6 Å². The summed E-state index contributed by atoms with van der Waals surface area (Å²) >= 11 is 0. The Morgan fingerprint density at radius 2 is 2.00 bits per heavy atom. The molecule has 0 saturated carbocycles. The third kappa shape index (κ3) is 3.42. The largest absolute Gasteiger partial charge is 0.492 e. The summed E-state index contributed by atoms with van der Waals surface area (Å²) in [5.74, 6) is 1.06. The number of para-hydroxylation sites is 1. The van der Waals surface area contributed by atoms with Crippen molar-refractivity contribution in [2.45, 2.75) is 39.3 Å². The molecule has 1 saturated heterocycles. The number of carbonyl (C=O) groups is 1. The van der Waals surface area contributed by atoms with E-state index in [0.29, 0.717) is 32.7 Å². The number of hydrogen-bond acceptors (Lipinski definition) is 4. The zero-order valence-corrected chi connectivity index (χ0v) is 14.9. The molecule has 3 rings (SSSR count). The fourth-order valence-electron chi connectivity index (χ4n) is 3.44. The van der Waals surface area contributed by atoms with Crippen LogP contribution in [0, 0.1) is 5.41 Å². The van der Waals surface area contributed by atoms with E-state index < -0.39 is 5.60 Å². The zero-order valence-electron chi connectivity index (χ0n) is 14.9. The average molecular weight is 332 g/mol. The summed E-state index contributed by atoms with van der Waals surface area (Å²) in [4.78, 5) is 16.8. The number of rotatable bonds is 2.